The molecule has 1 saturated heterocycles. The lowest BCUT2D eigenvalue weighted by molar-refractivity contribution is -0.123. The van der Waals surface area contributed by atoms with Crippen LogP contribution in [-0.4, -0.2) is 70.2 Å². The Balaban J connectivity index is 1.40. The molecule has 2 aromatic carbocycles. The summed E-state index contributed by atoms with van der Waals surface area (Å²) in [6, 6.07) is 10.6. The first-order valence-electron chi connectivity index (χ1n) is 10.4. The van der Waals surface area contributed by atoms with Crippen molar-refractivity contribution in [3.8, 4) is 11.5 Å². The van der Waals surface area contributed by atoms with Gasteiger partial charge in [0.1, 0.15) is 13.2 Å². The molecule has 1 N–H and O–H groups in total. The number of carbonyl (C=O) groups is 2. The molecule has 0 radical (unpaired) electrons. The van der Waals surface area contributed by atoms with Crippen LogP contribution in [0.15, 0.2) is 47.4 Å². The van der Waals surface area contributed by atoms with Crippen molar-refractivity contribution < 1.29 is 37.0 Å². The molecule has 176 valence electrons. The molecule has 2 heterocycles. The van der Waals surface area contributed by atoms with E-state index in [1.54, 1.807) is 12.1 Å². The molecular formula is C22H24N2O8S. The van der Waals surface area contributed by atoms with E-state index in [0.717, 1.165) is 0 Å². The van der Waals surface area contributed by atoms with Crippen LogP contribution < -0.4 is 14.8 Å². The Hall–Kier alpha value is -3.15. The number of rotatable bonds is 6. The summed E-state index contributed by atoms with van der Waals surface area (Å²) in [7, 11) is -3.71. The molecule has 2 aliphatic rings. The van der Waals surface area contributed by atoms with Crippen LogP contribution in [0.1, 0.15) is 17.3 Å². The van der Waals surface area contributed by atoms with Gasteiger partial charge in [-0.15, -0.1) is 0 Å². The number of carbonyl (C=O) groups excluding carboxylic acids is 2. The first-order chi connectivity index (χ1) is 15.8. The Morgan fingerprint density at radius 1 is 1.00 bits per heavy atom. The minimum absolute atomic E-state index is 0.0585. The van der Waals surface area contributed by atoms with Crippen molar-refractivity contribution in [3.63, 3.8) is 0 Å². The maximum atomic E-state index is 12.8. The maximum absolute atomic E-state index is 12.8. The lowest BCUT2D eigenvalue weighted by Crippen LogP contribution is -2.40. The summed E-state index contributed by atoms with van der Waals surface area (Å²) in [6.07, 6.45) is -1.12. The highest BCUT2D eigenvalue weighted by Crippen LogP contribution is 2.31. The lowest BCUT2D eigenvalue weighted by Gasteiger charge is -2.26. The molecule has 33 heavy (non-hydrogen) atoms. The average Bonchev–Trinajstić information content (AvgIpc) is 2.84. The number of amides is 1. The molecule has 2 aliphatic heterocycles. The van der Waals surface area contributed by atoms with E-state index in [4.69, 9.17) is 18.9 Å². The zero-order valence-electron chi connectivity index (χ0n) is 18.0. The standard InChI is InChI=1S/C22H24N2O8S/c1-15(32-22(26)16-5-6-19-20(13-16)31-12-11-30-19)21(25)23-17-3-2-4-18(14-17)33(27,28)24-7-9-29-10-8-24/h2-6,13-15H,7-12H2,1H3,(H,23,25). The first kappa shape index (κ1) is 23.0. The average molecular weight is 477 g/mol. The Morgan fingerprint density at radius 3 is 2.48 bits per heavy atom. The van der Waals surface area contributed by atoms with Gasteiger partial charge in [0, 0.05) is 18.8 Å². The van der Waals surface area contributed by atoms with Gasteiger partial charge in [-0.05, 0) is 43.3 Å². The molecule has 11 heteroatoms. The Morgan fingerprint density at radius 2 is 1.73 bits per heavy atom. The summed E-state index contributed by atoms with van der Waals surface area (Å²) < 4.78 is 48.4. The second-order valence-electron chi connectivity index (χ2n) is 7.44. The third-order valence-corrected chi connectivity index (χ3v) is 7.03. The summed E-state index contributed by atoms with van der Waals surface area (Å²) >= 11 is 0. The third-order valence-electron chi connectivity index (χ3n) is 5.14. The topological polar surface area (TPSA) is 120 Å². The summed E-state index contributed by atoms with van der Waals surface area (Å²) in [5.41, 5.74) is 0.495. The third kappa shape index (κ3) is 5.27. The largest absolute Gasteiger partial charge is 0.486 e. The van der Waals surface area contributed by atoms with Crippen molar-refractivity contribution in [1.82, 2.24) is 4.31 Å². The van der Waals surface area contributed by atoms with Crippen LogP contribution in [0.25, 0.3) is 0 Å². The van der Waals surface area contributed by atoms with E-state index >= 15 is 0 Å². The highest BCUT2D eigenvalue weighted by atomic mass is 32.2. The van der Waals surface area contributed by atoms with Gasteiger partial charge in [0.2, 0.25) is 10.0 Å². The minimum Gasteiger partial charge on any atom is -0.486 e. The predicted molar refractivity (Wildman–Crippen MR) is 117 cm³/mol. The molecule has 0 saturated carbocycles. The normalized spacial score (nSPS) is 17.1. The molecule has 10 nitrogen and oxygen atoms in total. The number of hydrogen-bond donors (Lipinski definition) is 1. The molecule has 1 unspecified atom stereocenters. The first-order valence-corrected chi connectivity index (χ1v) is 11.9. The van der Waals surface area contributed by atoms with Gasteiger partial charge >= 0.3 is 5.97 Å². The second-order valence-corrected chi connectivity index (χ2v) is 9.38. The number of fused-ring (bicyclic) bond motifs is 1. The van der Waals surface area contributed by atoms with E-state index in [-0.39, 0.29) is 29.2 Å². The molecule has 1 fully saturated rings. The number of nitrogens with zero attached hydrogens (tertiary/aromatic N) is 1. The number of nitrogens with one attached hydrogen (secondary N) is 1. The summed E-state index contributed by atoms with van der Waals surface area (Å²) in [4.78, 5) is 25.1. The van der Waals surface area contributed by atoms with Crippen molar-refractivity contribution in [2.24, 2.45) is 0 Å². The molecule has 0 aromatic heterocycles. The lowest BCUT2D eigenvalue weighted by atomic mass is 10.2. The maximum Gasteiger partial charge on any atom is 0.339 e. The van der Waals surface area contributed by atoms with Crippen LogP contribution in [0.4, 0.5) is 5.69 Å². The van der Waals surface area contributed by atoms with Gasteiger partial charge in [-0.25, -0.2) is 13.2 Å². The number of morpholine rings is 1. The van der Waals surface area contributed by atoms with E-state index < -0.39 is 28.0 Å². The highest BCUT2D eigenvalue weighted by Gasteiger charge is 2.27. The molecule has 4 rings (SSSR count). The SMILES string of the molecule is CC(OC(=O)c1ccc2c(c1)OCCO2)C(=O)Nc1cccc(S(=O)(=O)N2CCOCC2)c1. The fourth-order valence-electron chi connectivity index (χ4n) is 3.37. The number of anilines is 1. The van der Waals surface area contributed by atoms with Crippen molar-refractivity contribution in [2.45, 2.75) is 17.9 Å². The Bertz CT molecular complexity index is 1140. The summed E-state index contributed by atoms with van der Waals surface area (Å²) in [5, 5.41) is 2.60. The number of sulfonamides is 1. The monoisotopic (exact) mass is 476 g/mol. The molecular weight excluding hydrogens is 452 g/mol. The van der Waals surface area contributed by atoms with E-state index in [2.05, 4.69) is 5.32 Å². The van der Waals surface area contributed by atoms with Crippen LogP contribution in [0, 0.1) is 0 Å². The van der Waals surface area contributed by atoms with E-state index in [0.29, 0.717) is 37.9 Å². The fourth-order valence-corrected chi connectivity index (χ4v) is 4.82. The van der Waals surface area contributed by atoms with Crippen molar-refractivity contribution >= 4 is 27.6 Å². The quantitative estimate of drug-likeness (QED) is 0.625. The van der Waals surface area contributed by atoms with Crippen molar-refractivity contribution in [3.05, 3.63) is 48.0 Å². The van der Waals surface area contributed by atoms with Gasteiger partial charge < -0.3 is 24.3 Å². The van der Waals surface area contributed by atoms with Gasteiger partial charge in [-0.2, -0.15) is 4.31 Å². The van der Waals surface area contributed by atoms with Gasteiger partial charge in [0.05, 0.1) is 23.7 Å². The van der Waals surface area contributed by atoms with E-state index in [9.17, 15) is 18.0 Å². The van der Waals surface area contributed by atoms with Crippen LogP contribution in [0.5, 0.6) is 11.5 Å². The van der Waals surface area contributed by atoms with Crippen molar-refractivity contribution in [2.75, 3.05) is 44.8 Å². The zero-order valence-corrected chi connectivity index (χ0v) is 18.8. The summed E-state index contributed by atoms with van der Waals surface area (Å²) in [5.74, 6) is -0.318. The number of benzene rings is 2. The Kier molecular flexibility index (Phi) is 6.82. The fraction of sp³-hybridized carbons (Fsp3) is 0.364. The predicted octanol–water partition coefficient (Wildman–Crippen LogP) is 1.66. The van der Waals surface area contributed by atoms with Gasteiger partial charge in [-0.1, -0.05) is 6.07 Å². The van der Waals surface area contributed by atoms with Gasteiger partial charge in [-0.3, -0.25) is 4.79 Å². The van der Waals surface area contributed by atoms with Gasteiger partial charge in [0.25, 0.3) is 5.91 Å². The van der Waals surface area contributed by atoms with Crippen LogP contribution in [0.2, 0.25) is 0 Å². The molecule has 0 spiro atoms. The van der Waals surface area contributed by atoms with Crippen LogP contribution in [0.3, 0.4) is 0 Å². The number of hydrogen-bond acceptors (Lipinski definition) is 8. The summed E-state index contributed by atoms with van der Waals surface area (Å²) in [6.45, 7) is 3.45. The molecule has 2 aromatic rings. The number of esters is 1. The second kappa shape index (κ2) is 9.77. The molecule has 1 atom stereocenters. The van der Waals surface area contributed by atoms with E-state index in [1.807, 2.05) is 0 Å². The van der Waals surface area contributed by atoms with Crippen LogP contribution in [-0.2, 0) is 24.3 Å². The van der Waals surface area contributed by atoms with Crippen LogP contribution >= 0.6 is 0 Å². The molecule has 1 amide bonds. The van der Waals surface area contributed by atoms with Gasteiger partial charge in [0.15, 0.2) is 17.6 Å². The molecule has 0 aliphatic carbocycles. The molecule has 0 bridgehead atoms. The van der Waals surface area contributed by atoms with E-state index in [1.165, 1.54) is 41.6 Å². The minimum atomic E-state index is -3.71. The number of ether oxygens (including phenoxy) is 4. The smallest absolute Gasteiger partial charge is 0.339 e. The Labute approximate surface area is 191 Å². The van der Waals surface area contributed by atoms with Crippen molar-refractivity contribution in [1.29, 1.82) is 0 Å². The zero-order chi connectivity index (χ0) is 23.4. The highest BCUT2D eigenvalue weighted by molar-refractivity contribution is 7.89.